The van der Waals surface area contributed by atoms with Gasteiger partial charge in [0, 0.05) is 18.2 Å². The second-order valence-corrected chi connectivity index (χ2v) is 8.11. The number of nitrogens with zero attached hydrogens (tertiary/aromatic N) is 1. The van der Waals surface area contributed by atoms with E-state index in [4.69, 9.17) is 4.74 Å². The molecule has 1 unspecified atom stereocenters. The first-order chi connectivity index (χ1) is 13.8. The maximum atomic E-state index is 12.8. The summed E-state index contributed by atoms with van der Waals surface area (Å²) in [6.45, 7) is 1.71. The van der Waals surface area contributed by atoms with Crippen LogP contribution in [0.25, 0.3) is 11.1 Å². The molecule has 29 heavy (non-hydrogen) atoms. The second-order valence-electron chi connectivity index (χ2n) is 6.42. The summed E-state index contributed by atoms with van der Waals surface area (Å²) in [4.78, 5) is 10.1. The maximum Gasteiger partial charge on any atom is 0.271 e. The zero-order valence-electron chi connectivity index (χ0n) is 15.9. The molecule has 0 heterocycles. The summed E-state index contributed by atoms with van der Waals surface area (Å²) in [7, 11) is -2.74. The molecule has 0 aliphatic heterocycles. The van der Waals surface area contributed by atoms with Crippen molar-refractivity contribution in [3.05, 3.63) is 88.5 Å². The van der Waals surface area contributed by atoms with Crippen LogP contribution >= 0.6 is 0 Å². The SMILES string of the molecule is COc1ccc([N+](=O)[O-])cc1S(=O)(=O)NC(C)c1ccc(-c2ccccc2)cc1. The molecule has 0 radical (unpaired) electrons. The predicted octanol–water partition coefficient (Wildman–Crippen LogP) is 4.31. The van der Waals surface area contributed by atoms with E-state index in [9.17, 15) is 18.5 Å². The lowest BCUT2D eigenvalue weighted by Gasteiger charge is -2.16. The Morgan fingerprint density at radius 1 is 0.966 bits per heavy atom. The number of hydrogen-bond acceptors (Lipinski definition) is 5. The predicted molar refractivity (Wildman–Crippen MR) is 110 cm³/mol. The van der Waals surface area contributed by atoms with E-state index >= 15 is 0 Å². The van der Waals surface area contributed by atoms with E-state index < -0.39 is 21.0 Å². The molecule has 3 rings (SSSR count). The van der Waals surface area contributed by atoms with Gasteiger partial charge in [0.15, 0.2) is 0 Å². The monoisotopic (exact) mass is 412 g/mol. The average molecular weight is 412 g/mol. The number of nitro benzene ring substituents is 1. The minimum Gasteiger partial charge on any atom is -0.495 e. The Labute approximate surface area is 169 Å². The van der Waals surface area contributed by atoms with Gasteiger partial charge in [-0.3, -0.25) is 10.1 Å². The molecule has 1 atom stereocenters. The molecular formula is C21H20N2O5S. The number of nitrogens with one attached hydrogen (secondary N) is 1. The summed E-state index contributed by atoms with van der Waals surface area (Å²) >= 11 is 0. The third-order valence-corrected chi connectivity index (χ3v) is 6.06. The molecule has 3 aromatic rings. The highest BCUT2D eigenvalue weighted by Crippen LogP contribution is 2.29. The van der Waals surface area contributed by atoms with Crippen molar-refractivity contribution in [2.75, 3.05) is 7.11 Å². The third kappa shape index (κ3) is 4.61. The fourth-order valence-electron chi connectivity index (χ4n) is 2.95. The lowest BCUT2D eigenvalue weighted by molar-refractivity contribution is -0.385. The molecule has 0 aromatic heterocycles. The topological polar surface area (TPSA) is 98.5 Å². The molecule has 0 bridgehead atoms. The van der Waals surface area contributed by atoms with E-state index in [1.165, 1.54) is 19.2 Å². The van der Waals surface area contributed by atoms with E-state index in [0.29, 0.717) is 0 Å². The summed E-state index contributed by atoms with van der Waals surface area (Å²) in [5.74, 6) is 0.0368. The van der Waals surface area contributed by atoms with Gasteiger partial charge >= 0.3 is 0 Å². The van der Waals surface area contributed by atoms with E-state index in [0.717, 1.165) is 22.8 Å². The highest BCUT2D eigenvalue weighted by Gasteiger charge is 2.25. The van der Waals surface area contributed by atoms with Crippen molar-refractivity contribution in [1.29, 1.82) is 0 Å². The Bertz CT molecular complexity index is 1110. The van der Waals surface area contributed by atoms with Crippen LogP contribution in [0.1, 0.15) is 18.5 Å². The van der Waals surface area contributed by atoms with Gasteiger partial charge in [0.2, 0.25) is 10.0 Å². The lowest BCUT2D eigenvalue weighted by atomic mass is 10.0. The Kier molecular flexibility index (Phi) is 5.95. The minimum absolute atomic E-state index is 0.0368. The van der Waals surface area contributed by atoms with Crippen LogP contribution in [0.2, 0.25) is 0 Å². The fourth-order valence-corrected chi connectivity index (χ4v) is 4.37. The number of methoxy groups -OCH3 is 1. The van der Waals surface area contributed by atoms with Crippen LogP contribution in [0.15, 0.2) is 77.7 Å². The number of benzene rings is 3. The van der Waals surface area contributed by atoms with Crippen molar-refractivity contribution in [2.24, 2.45) is 0 Å². The zero-order chi connectivity index (χ0) is 21.0. The number of ether oxygens (including phenoxy) is 1. The Morgan fingerprint density at radius 3 is 2.17 bits per heavy atom. The first-order valence-electron chi connectivity index (χ1n) is 8.82. The zero-order valence-corrected chi connectivity index (χ0v) is 16.7. The molecule has 0 aliphatic rings. The third-order valence-electron chi connectivity index (χ3n) is 4.50. The van der Waals surface area contributed by atoms with Gasteiger partial charge < -0.3 is 4.74 Å². The summed E-state index contributed by atoms with van der Waals surface area (Å²) in [5.41, 5.74) is 2.52. The lowest BCUT2D eigenvalue weighted by Crippen LogP contribution is -2.27. The second kappa shape index (κ2) is 8.42. The fraction of sp³-hybridized carbons (Fsp3) is 0.143. The number of rotatable bonds is 7. The smallest absolute Gasteiger partial charge is 0.271 e. The van der Waals surface area contributed by atoms with Crippen LogP contribution in [0.3, 0.4) is 0 Å². The van der Waals surface area contributed by atoms with Gasteiger partial charge in [-0.1, -0.05) is 54.6 Å². The summed E-state index contributed by atoms with van der Waals surface area (Å²) in [5, 5.41) is 11.0. The first kappa shape index (κ1) is 20.5. The molecular weight excluding hydrogens is 392 g/mol. The van der Waals surface area contributed by atoms with Gasteiger partial charge in [-0.2, -0.15) is 0 Å². The van der Waals surface area contributed by atoms with Crippen molar-refractivity contribution in [2.45, 2.75) is 17.9 Å². The first-order valence-corrected chi connectivity index (χ1v) is 10.3. The number of sulfonamides is 1. The molecule has 8 heteroatoms. The van der Waals surface area contributed by atoms with Crippen molar-refractivity contribution in [3.8, 4) is 16.9 Å². The quantitative estimate of drug-likeness (QED) is 0.460. The van der Waals surface area contributed by atoms with Gasteiger partial charge in [-0.15, -0.1) is 0 Å². The summed E-state index contributed by atoms with van der Waals surface area (Å²) in [6.07, 6.45) is 0. The highest BCUT2D eigenvalue weighted by atomic mass is 32.2. The highest BCUT2D eigenvalue weighted by molar-refractivity contribution is 7.89. The van der Waals surface area contributed by atoms with Crippen LogP contribution in [0, 0.1) is 10.1 Å². The Balaban J connectivity index is 1.85. The molecule has 0 amide bonds. The van der Waals surface area contributed by atoms with E-state index in [1.54, 1.807) is 6.92 Å². The molecule has 0 spiro atoms. The Hall–Kier alpha value is -3.23. The van der Waals surface area contributed by atoms with Crippen LogP contribution in [0.5, 0.6) is 5.75 Å². The molecule has 3 aromatic carbocycles. The van der Waals surface area contributed by atoms with Gasteiger partial charge in [-0.25, -0.2) is 13.1 Å². The van der Waals surface area contributed by atoms with Crippen LogP contribution in [-0.4, -0.2) is 20.5 Å². The van der Waals surface area contributed by atoms with Gasteiger partial charge in [-0.05, 0) is 29.7 Å². The molecule has 7 nitrogen and oxygen atoms in total. The van der Waals surface area contributed by atoms with Gasteiger partial charge in [0.25, 0.3) is 5.69 Å². The normalized spacial score (nSPS) is 12.3. The molecule has 1 N–H and O–H groups in total. The van der Waals surface area contributed by atoms with Gasteiger partial charge in [0.1, 0.15) is 10.6 Å². The van der Waals surface area contributed by atoms with Gasteiger partial charge in [0.05, 0.1) is 12.0 Å². The molecule has 0 saturated heterocycles. The average Bonchev–Trinajstić information content (AvgIpc) is 2.73. The summed E-state index contributed by atoms with van der Waals surface area (Å²) < 4.78 is 33.3. The minimum atomic E-state index is -4.05. The van der Waals surface area contributed by atoms with E-state index in [2.05, 4.69) is 4.72 Å². The largest absolute Gasteiger partial charge is 0.495 e. The van der Waals surface area contributed by atoms with E-state index in [1.807, 2.05) is 54.6 Å². The van der Waals surface area contributed by atoms with E-state index in [-0.39, 0.29) is 16.3 Å². The number of nitro groups is 1. The number of non-ortho nitro benzene ring substituents is 1. The van der Waals surface area contributed by atoms with Crippen molar-refractivity contribution in [3.63, 3.8) is 0 Å². The summed E-state index contributed by atoms with van der Waals surface area (Å²) in [6, 6.07) is 20.3. The molecule has 150 valence electrons. The molecule has 0 aliphatic carbocycles. The standard InChI is InChI=1S/C21H20N2O5S/c1-15(16-8-10-18(11-9-16)17-6-4-3-5-7-17)22-29(26,27)21-14-19(23(24)25)12-13-20(21)28-2/h3-15,22H,1-2H3. The maximum absolute atomic E-state index is 12.8. The van der Waals surface area contributed by atoms with Crippen LogP contribution in [-0.2, 0) is 10.0 Å². The number of hydrogen-bond donors (Lipinski definition) is 1. The molecule has 0 fully saturated rings. The van der Waals surface area contributed by atoms with Crippen molar-refractivity contribution in [1.82, 2.24) is 4.72 Å². The van der Waals surface area contributed by atoms with Crippen LogP contribution in [0.4, 0.5) is 5.69 Å². The van der Waals surface area contributed by atoms with Crippen LogP contribution < -0.4 is 9.46 Å². The van der Waals surface area contributed by atoms with Crippen molar-refractivity contribution < 1.29 is 18.1 Å². The molecule has 0 saturated carbocycles. The Morgan fingerprint density at radius 2 is 1.59 bits per heavy atom. The van der Waals surface area contributed by atoms with Crippen molar-refractivity contribution >= 4 is 15.7 Å².